The summed E-state index contributed by atoms with van der Waals surface area (Å²) in [6.07, 6.45) is -0.776. The molecular weight excluding hydrogens is 347 g/mol. The van der Waals surface area contributed by atoms with E-state index in [4.69, 9.17) is 4.74 Å². The van der Waals surface area contributed by atoms with Gasteiger partial charge in [-0.1, -0.05) is 37.3 Å². The van der Waals surface area contributed by atoms with E-state index >= 15 is 0 Å². The zero-order valence-electron chi connectivity index (χ0n) is 14.3. The van der Waals surface area contributed by atoms with Gasteiger partial charge in [0.05, 0.1) is 11.6 Å². The van der Waals surface area contributed by atoms with Crippen LogP contribution in [0.2, 0.25) is 0 Å². The smallest absolute Gasteiger partial charge is 0.314 e. The van der Waals surface area contributed by atoms with Gasteiger partial charge in [0, 0.05) is 0 Å². The molecule has 0 spiro atoms. The number of nitrogens with one attached hydrogen (secondary N) is 1. The van der Waals surface area contributed by atoms with E-state index in [1.54, 1.807) is 31.2 Å². The number of halogens is 3. The molecule has 0 saturated carbocycles. The van der Waals surface area contributed by atoms with Crippen molar-refractivity contribution in [2.75, 3.05) is 5.32 Å². The van der Waals surface area contributed by atoms with Crippen molar-refractivity contribution in [3.05, 3.63) is 65.5 Å². The van der Waals surface area contributed by atoms with Crippen molar-refractivity contribution >= 4 is 17.6 Å². The fraction of sp³-hybridized carbons (Fsp3) is 0.263. The molecule has 138 valence electrons. The van der Waals surface area contributed by atoms with Gasteiger partial charge in [-0.3, -0.25) is 9.59 Å². The Morgan fingerprint density at radius 3 is 2.31 bits per heavy atom. The lowest BCUT2D eigenvalue weighted by molar-refractivity contribution is -0.154. The largest absolute Gasteiger partial charge is 0.452 e. The molecule has 4 nitrogen and oxygen atoms in total. The summed E-state index contributed by atoms with van der Waals surface area (Å²) in [7, 11) is 0. The van der Waals surface area contributed by atoms with Crippen LogP contribution in [0.1, 0.15) is 31.7 Å². The van der Waals surface area contributed by atoms with Crippen LogP contribution < -0.4 is 5.32 Å². The van der Waals surface area contributed by atoms with Crippen molar-refractivity contribution in [2.45, 2.75) is 32.3 Å². The molecule has 0 unspecified atom stereocenters. The van der Waals surface area contributed by atoms with Crippen LogP contribution in [0.25, 0.3) is 0 Å². The normalized spacial score (nSPS) is 13.0. The number of ether oxygens (including phenoxy) is 1. The van der Waals surface area contributed by atoms with Crippen LogP contribution in [0.3, 0.4) is 0 Å². The first kappa shape index (κ1) is 19.5. The van der Waals surface area contributed by atoms with Crippen molar-refractivity contribution in [3.8, 4) is 0 Å². The van der Waals surface area contributed by atoms with E-state index in [9.17, 15) is 22.8 Å². The number of esters is 1. The Hall–Kier alpha value is -2.83. The summed E-state index contributed by atoms with van der Waals surface area (Å²) in [4.78, 5) is 24.4. The third-order valence-corrected chi connectivity index (χ3v) is 3.85. The lowest BCUT2D eigenvalue weighted by Gasteiger charge is -2.18. The molecule has 0 aliphatic carbocycles. The first-order valence-corrected chi connectivity index (χ1v) is 8.05. The Bertz CT molecular complexity index is 796. The van der Waals surface area contributed by atoms with E-state index < -0.39 is 47.0 Å². The average molecular weight is 365 g/mol. The van der Waals surface area contributed by atoms with Gasteiger partial charge in [-0.25, -0.2) is 13.2 Å². The summed E-state index contributed by atoms with van der Waals surface area (Å²) in [6.45, 7) is 3.11. The van der Waals surface area contributed by atoms with Crippen LogP contribution >= 0.6 is 0 Å². The summed E-state index contributed by atoms with van der Waals surface area (Å²) in [5.74, 6) is -6.59. The van der Waals surface area contributed by atoms with Crippen molar-refractivity contribution in [3.63, 3.8) is 0 Å². The van der Waals surface area contributed by atoms with Gasteiger partial charge in [-0.2, -0.15) is 0 Å². The van der Waals surface area contributed by atoms with Crippen LogP contribution in [0.4, 0.5) is 18.9 Å². The van der Waals surface area contributed by atoms with E-state index in [0.717, 1.165) is 11.6 Å². The lowest BCUT2D eigenvalue weighted by Crippen LogP contribution is -2.32. The SMILES string of the molecule is CC[C@@H](C(=O)O[C@H](C)C(=O)Nc1ccc(F)c(F)c1F)c1ccccc1. The fourth-order valence-corrected chi connectivity index (χ4v) is 2.39. The van der Waals surface area contributed by atoms with Gasteiger partial charge in [0.25, 0.3) is 5.91 Å². The maximum absolute atomic E-state index is 13.6. The Kier molecular flexibility index (Phi) is 6.38. The maximum atomic E-state index is 13.6. The van der Waals surface area contributed by atoms with Gasteiger partial charge >= 0.3 is 5.97 Å². The van der Waals surface area contributed by atoms with E-state index in [1.807, 2.05) is 6.07 Å². The molecule has 7 heteroatoms. The first-order chi connectivity index (χ1) is 12.3. The van der Waals surface area contributed by atoms with Crippen LogP contribution in [0.5, 0.6) is 0 Å². The number of benzene rings is 2. The number of anilines is 1. The lowest BCUT2D eigenvalue weighted by atomic mass is 9.97. The Labute approximate surface area is 149 Å². The monoisotopic (exact) mass is 365 g/mol. The molecule has 2 aromatic rings. The molecule has 0 aliphatic rings. The molecule has 0 aliphatic heterocycles. The van der Waals surface area contributed by atoms with Crippen molar-refractivity contribution in [2.24, 2.45) is 0 Å². The highest BCUT2D eigenvalue weighted by atomic mass is 19.2. The van der Waals surface area contributed by atoms with E-state index in [1.165, 1.54) is 6.92 Å². The second-order valence-corrected chi connectivity index (χ2v) is 5.66. The van der Waals surface area contributed by atoms with Crippen molar-refractivity contribution in [1.82, 2.24) is 0 Å². The number of carbonyl (C=O) groups is 2. The summed E-state index contributed by atoms with van der Waals surface area (Å²) < 4.78 is 44.9. The van der Waals surface area contributed by atoms with Crippen LogP contribution in [0.15, 0.2) is 42.5 Å². The highest BCUT2D eigenvalue weighted by Gasteiger charge is 2.26. The molecule has 2 atom stereocenters. The van der Waals surface area contributed by atoms with Crippen LogP contribution in [0, 0.1) is 17.5 Å². The standard InChI is InChI=1S/C19H18F3NO3/c1-3-13(12-7-5-4-6-8-12)19(25)26-11(2)18(24)23-15-10-9-14(20)16(21)17(15)22/h4-11,13H,3H2,1-2H3,(H,23,24)/t11-,13-/m1/s1. The molecule has 0 fully saturated rings. The molecule has 0 radical (unpaired) electrons. The predicted octanol–water partition coefficient (Wildman–Crippen LogP) is 4.17. The molecule has 2 aromatic carbocycles. The van der Waals surface area contributed by atoms with E-state index in [0.29, 0.717) is 12.5 Å². The molecule has 0 aromatic heterocycles. The van der Waals surface area contributed by atoms with Crippen LogP contribution in [-0.2, 0) is 14.3 Å². The maximum Gasteiger partial charge on any atom is 0.314 e. The first-order valence-electron chi connectivity index (χ1n) is 8.05. The second-order valence-electron chi connectivity index (χ2n) is 5.66. The van der Waals surface area contributed by atoms with Crippen LogP contribution in [-0.4, -0.2) is 18.0 Å². The van der Waals surface area contributed by atoms with E-state index in [-0.39, 0.29) is 0 Å². The third-order valence-electron chi connectivity index (χ3n) is 3.85. The quantitative estimate of drug-likeness (QED) is 0.618. The average Bonchev–Trinajstić information content (AvgIpc) is 2.63. The summed E-state index contributed by atoms with van der Waals surface area (Å²) in [5.41, 5.74) is 0.214. The minimum Gasteiger partial charge on any atom is -0.452 e. The molecule has 0 heterocycles. The molecule has 2 rings (SSSR count). The molecule has 1 amide bonds. The zero-order chi connectivity index (χ0) is 19.3. The molecule has 1 N–H and O–H groups in total. The number of amides is 1. The zero-order valence-corrected chi connectivity index (χ0v) is 14.3. The van der Waals surface area contributed by atoms with Gasteiger partial charge in [-0.15, -0.1) is 0 Å². The highest BCUT2D eigenvalue weighted by molar-refractivity contribution is 5.95. The van der Waals surface area contributed by atoms with Crippen molar-refractivity contribution in [1.29, 1.82) is 0 Å². The van der Waals surface area contributed by atoms with Gasteiger partial charge < -0.3 is 10.1 Å². The van der Waals surface area contributed by atoms with Gasteiger partial charge in [0.2, 0.25) is 0 Å². The summed E-state index contributed by atoms with van der Waals surface area (Å²) >= 11 is 0. The summed E-state index contributed by atoms with van der Waals surface area (Å²) in [6, 6.07) is 10.5. The Morgan fingerprint density at radius 1 is 1.04 bits per heavy atom. The molecule has 0 saturated heterocycles. The minimum atomic E-state index is -1.69. The van der Waals surface area contributed by atoms with Gasteiger partial charge in [0.1, 0.15) is 0 Å². The Balaban J connectivity index is 2.04. The number of rotatable bonds is 6. The topological polar surface area (TPSA) is 55.4 Å². The number of hydrogen-bond acceptors (Lipinski definition) is 3. The molecular formula is C19H18F3NO3. The third kappa shape index (κ3) is 4.41. The Morgan fingerprint density at radius 2 is 1.69 bits per heavy atom. The van der Waals surface area contributed by atoms with Crippen molar-refractivity contribution < 1.29 is 27.5 Å². The predicted molar refractivity (Wildman–Crippen MR) is 90.0 cm³/mol. The second kappa shape index (κ2) is 8.51. The fourth-order valence-electron chi connectivity index (χ4n) is 2.39. The highest BCUT2D eigenvalue weighted by Crippen LogP contribution is 2.23. The summed E-state index contributed by atoms with van der Waals surface area (Å²) in [5, 5.41) is 2.08. The molecule has 26 heavy (non-hydrogen) atoms. The number of hydrogen-bond donors (Lipinski definition) is 1. The van der Waals surface area contributed by atoms with Gasteiger partial charge in [-0.05, 0) is 31.0 Å². The van der Waals surface area contributed by atoms with E-state index in [2.05, 4.69) is 5.32 Å². The number of carbonyl (C=O) groups excluding carboxylic acids is 2. The minimum absolute atomic E-state index is 0.467. The molecule has 0 bridgehead atoms. The van der Waals surface area contributed by atoms with Gasteiger partial charge in [0.15, 0.2) is 23.6 Å².